The van der Waals surface area contributed by atoms with Crippen LogP contribution in [0.15, 0.2) is 24.3 Å². The third kappa shape index (κ3) is 2.05. The van der Waals surface area contributed by atoms with Crippen LogP contribution in [0, 0.1) is 0 Å². The van der Waals surface area contributed by atoms with Crippen molar-refractivity contribution in [2.24, 2.45) is 0 Å². The van der Waals surface area contributed by atoms with E-state index in [1.165, 1.54) is 11.1 Å². The summed E-state index contributed by atoms with van der Waals surface area (Å²) in [5.74, 6) is 0.0407. The lowest BCUT2D eigenvalue weighted by Gasteiger charge is -2.23. The number of nitrogens with zero attached hydrogens (tertiary/aromatic N) is 3. The van der Waals surface area contributed by atoms with E-state index in [0.717, 1.165) is 30.8 Å². The number of carbonyl (C=O) groups excluding carboxylic acids is 1. The van der Waals surface area contributed by atoms with Crippen LogP contribution in [0.4, 0.5) is 0 Å². The summed E-state index contributed by atoms with van der Waals surface area (Å²) in [5, 5.41) is 7.34. The monoisotopic (exact) mass is 282 g/mol. The van der Waals surface area contributed by atoms with Crippen molar-refractivity contribution in [1.29, 1.82) is 0 Å². The van der Waals surface area contributed by atoms with Gasteiger partial charge in [-0.3, -0.25) is 9.89 Å². The molecule has 5 nitrogen and oxygen atoms in total. The van der Waals surface area contributed by atoms with Gasteiger partial charge in [-0.15, -0.1) is 0 Å². The second-order valence-corrected chi connectivity index (χ2v) is 5.95. The maximum atomic E-state index is 12.8. The van der Waals surface area contributed by atoms with Crippen molar-refractivity contribution >= 4 is 5.91 Å². The van der Waals surface area contributed by atoms with Gasteiger partial charge in [-0.1, -0.05) is 24.3 Å². The third-order valence-corrected chi connectivity index (χ3v) is 4.45. The second-order valence-electron chi connectivity index (χ2n) is 5.95. The molecule has 21 heavy (non-hydrogen) atoms. The van der Waals surface area contributed by atoms with Gasteiger partial charge >= 0.3 is 0 Å². The zero-order chi connectivity index (χ0) is 14.4. The van der Waals surface area contributed by atoms with Crippen LogP contribution in [0.25, 0.3) is 0 Å². The molecule has 1 aromatic carbocycles. The number of fused-ring (bicyclic) bond motifs is 2. The SMILES string of the molecule is CN1CCc2[nH]nc(C(=O)N3Cc4ccccc4C3)c2C1. The second kappa shape index (κ2) is 4.70. The summed E-state index contributed by atoms with van der Waals surface area (Å²) in [6, 6.07) is 8.24. The molecule has 2 aromatic rings. The molecule has 2 aliphatic rings. The van der Waals surface area contributed by atoms with Gasteiger partial charge in [0.1, 0.15) is 0 Å². The summed E-state index contributed by atoms with van der Waals surface area (Å²) in [6.45, 7) is 3.19. The van der Waals surface area contributed by atoms with E-state index in [4.69, 9.17) is 0 Å². The smallest absolute Gasteiger partial charge is 0.275 e. The molecule has 1 amide bonds. The van der Waals surface area contributed by atoms with Gasteiger partial charge in [0.2, 0.25) is 0 Å². The molecule has 1 N–H and O–H groups in total. The van der Waals surface area contributed by atoms with Crippen LogP contribution in [0.1, 0.15) is 32.9 Å². The quantitative estimate of drug-likeness (QED) is 0.863. The average molecular weight is 282 g/mol. The Kier molecular flexibility index (Phi) is 2.82. The Hall–Kier alpha value is -2.14. The summed E-state index contributed by atoms with van der Waals surface area (Å²) in [4.78, 5) is 16.9. The Morgan fingerprint density at radius 3 is 2.62 bits per heavy atom. The van der Waals surface area contributed by atoms with E-state index in [0.29, 0.717) is 18.8 Å². The van der Waals surface area contributed by atoms with E-state index in [-0.39, 0.29) is 5.91 Å². The number of rotatable bonds is 1. The van der Waals surface area contributed by atoms with Gasteiger partial charge in [0, 0.05) is 43.9 Å². The van der Waals surface area contributed by atoms with Crippen molar-refractivity contribution in [3.63, 3.8) is 0 Å². The molecule has 0 bridgehead atoms. The Bertz CT molecular complexity index is 681. The number of hydrogen-bond donors (Lipinski definition) is 1. The van der Waals surface area contributed by atoms with E-state index in [2.05, 4.69) is 34.3 Å². The number of aromatic nitrogens is 2. The van der Waals surface area contributed by atoms with Crippen molar-refractivity contribution < 1.29 is 4.79 Å². The van der Waals surface area contributed by atoms with Crippen LogP contribution in [0.2, 0.25) is 0 Å². The fourth-order valence-electron chi connectivity index (χ4n) is 3.23. The topological polar surface area (TPSA) is 52.2 Å². The minimum absolute atomic E-state index is 0.0407. The van der Waals surface area contributed by atoms with Gasteiger partial charge in [0.05, 0.1) is 0 Å². The number of amides is 1. The lowest BCUT2D eigenvalue weighted by Crippen LogP contribution is -2.30. The van der Waals surface area contributed by atoms with E-state index in [1.54, 1.807) is 0 Å². The van der Waals surface area contributed by atoms with Crippen molar-refractivity contribution in [2.45, 2.75) is 26.1 Å². The van der Waals surface area contributed by atoms with E-state index in [9.17, 15) is 4.79 Å². The first kappa shape index (κ1) is 12.6. The highest BCUT2D eigenvalue weighted by atomic mass is 16.2. The predicted molar refractivity (Wildman–Crippen MR) is 78.6 cm³/mol. The number of aromatic amines is 1. The fourth-order valence-corrected chi connectivity index (χ4v) is 3.23. The fraction of sp³-hybridized carbons (Fsp3) is 0.375. The number of benzene rings is 1. The highest BCUT2D eigenvalue weighted by Gasteiger charge is 2.30. The summed E-state index contributed by atoms with van der Waals surface area (Å²) in [5.41, 5.74) is 5.28. The summed E-state index contributed by atoms with van der Waals surface area (Å²) in [7, 11) is 2.08. The summed E-state index contributed by atoms with van der Waals surface area (Å²) >= 11 is 0. The van der Waals surface area contributed by atoms with Gasteiger partial charge in [-0.2, -0.15) is 5.10 Å². The molecule has 0 atom stereocenters. The Morgan fingerprint density at radius 2 is 1.90 bits per heavy atom. The van der Waals surface area contributed by atoms with Crippen molar-refractivity contribution in [3.8, 4) is 0 Å². The van der Waals surface area contributed by atoms with Crippen LogP contribution in [-0.2, 0) is 26.1 Å². The normalized spacial score (nSPS) is 17.7. The zero-order valence-electron chi connectivity index (χ0n) is 12.1. The number of H-pyrrole nitrogens is 1. The molecule has 1 aromatic heterocycles. The minimum atomic E-state index is 0.0407. The first-order valence-corrected chi connectivity index (χ1v) is 7.33. The van der Waals surface area contributed by atoms with Crippen molar-refractivity contribution in [1.82, 2.24) is 20.0 Å². The molecule has 3 heterocycles. The standard InChI is InChI=1S/C16H18N4O/c1-19-7-6-14-13(10-19)15(18-17-14)16(21)20-8-11-4-2-3-5-12(11)9-20/h2-5H,6-10H2,1H3,(H,17,18). The molecule has 5 heteroatoms. The zero-order valence-corrected chi connectivity index (χ0v) is 12.1. The van der Waals surface area contributed by atoms with E-state index < -0.39 is 0 Å². The lowest BCUT2D eigenvalue weighted by atomic mass is 10.1. The minimum Gasteiger partial charge on any atom is -0.329 e. The first-order chi connectivity index (χ1) is 10.2. The maximum absolute atomic E-state index is 12.8. The van der Waals surface area contributed by atoms with Gasteiger partial charge in [-0.25, -0.2) is 0 Å². The largest absolute Gasteiger partial charge is 0.329 e. The van der Waals surface area contributed by atoms with Crippen LogP contribution in [0.3, 0.4) is 0 Å². The molecular weight excluding hydrogens is 264 g/mol. The molecule has 0 saturated carbocycles. The number of likely N-dealkylation sites (N-methyl/N-ethyl adjacent to an activating group) is 1. The summed E-state index contributed by atoms with van der Waals surface area (Å²) < 4.78 is 0. The molecule has 0 saturated heterocycles. The average Bonchev–Trinajstić information content (AvgIpc) is 3.09. The highest BCUT2D eigenvalue weighted by Crippen LogP contribution is 2.26. The van der Waals surface area contributed by atoms with Crippen LogP contribution < -0.4 is 0 Å². The van der Waals surface area contributed by atoms with E-state index in [1.807, 2.05) is 17.0 Å². The van der Waals surface area contributed by atoms with Crippen molar-refractivity contribution in [3.05, 3.63) is 52.3 Å². The van der Waals surface area contributed by atoms with Gasteiger partial charge < -0.3 is 9.80 Å². The van der Waals surface area contributed by atoms with Crippen LogP contribution in [-0.4, -0.2) is 39.5 Å². The molecule has 2 aliphatic heterocycles. The van der Waals surface area contributed by atoms with E-state index >= 15 is 0 Å². The molecule has 0 unspecified atom stereocenters. The molecule has 0 radical (unpaired) electrons. The number of hydrogen-bond acceptors (Lipinski definition) is 3. The maximum Gasteiger partial charge on any atom is 0.275 e. The number of nitrogens with one attached hydrogen (secondary N) is 1. The predicted octanol–water partition coefficient (Wildman–Crippen LogP) is 1.55. The van der Waals surface area contributed by atoms with Crippen LogP contribution in [0.5, 0.6) is 0 Å². The molecule has 0 aliphatic carbocycles. The van der Waals surface area contributed by atoms with Gasteiger partial charge in [0.25, 0.3) is 5.91 Å². The summed E-state index contributed by atoms with van der Waals surface area (Å²) in [6.07, 6.45) is 0.937. The molecule has 4 rings (SSSR count). The molecule has 108 valence electrons. The van der Waals surface area contributed by atoms with Crippen molar-refractivity contribution in [2.75, 3.05) is 13.6 Å². The first-order valence-electron chi connectivity index (χ1n) is 7.33. The molecule has 0 spiro atoms. The van der Waals surface area contributed by atoms with Gasteiger partial charge in [0.15, 0.2) is 5.69 Å². The highest BCUT2D eigenvalue weighted by molar-refractivity contribution is 5.94. The Balaban J connectivity index is 1.61. The van der Waals surface area contributed by atoms with Crippen LogP contribution >= 0.6 is 0 Å². The molecule has 0 fully saturated rings. The number of carbonyl (C=O) groups is 1. The molecular formula is C16H18N4O. The Labute approximate surface area is 123 Å². The lowest BCUT2D eigenvalue weighted by molar-refractivity contribution is 0.0743. The third-order valence-electron chi connectivity index (χ3n) is 4.45. The van der Waals surface area contributed by atoms with Gasteiger partial charge in [-0.05, 0) is 18.2 Å². The Morgan fingerprint density at radius 1 is 1.19 bits per heavy atom.